The van der Waals surface area contributed by atoms with E-state index in [1.165, 1.54) is 0 Å². The first kappa shape index (κ1) is 24.9. The number of carbonyl (C=O) groups is 2. The lowest BCUT2D eigenvalue weighted by Crippen LogP contribution is -2.57. The Morgan fingerprint density at radius 1 is 1.17 bits per heavy atom. The van der Waals surface area contributed by atoms with Gasteiger partial charge < -0.3 is 14.9 Å². The van der Waals surface area contributed by atoms with E-state index >= 15 is 0 Å². The van der Waals surface area contributed by atoms with E-state index in [9.17, 15) is 14.7 Å². The molecule has 0 fully saturated rings. The number of carbonyl (C=O) groups excluding carboxylic acids is 1. The van der Waals surface area contributed by atoms with Crippen LogP contribution in [0.5, 0.6) is 0 Å². The molecule has 1 heterocycles. The summed E-state index contributed by atoms with van der Waals surface area (Å²) in [6.45, 7) is 17.4. The SMILES string of the molecule is CCC(NC(=O)Nc1cc(C(C)(C)C)on1)C(C(=O)O)N(CC(C)C)CC(C)C. The lowest BCUT2D eigenvalue weighted by atomic mass is 9.93. The molecule has 2 atom stereocenters. The van der Waals surface area contributed by atoms with Gasteiger partial charge in [0.1, 0.15) is 11.8 Å². The quantitative estimate of drug-likeness (QED) is 0.539. The summed E-state index contributed by atoms with van der Waals surface area (Å²) in [5.41, 5.74) is -0.224. The topological polar surface area (TPSA) is 108 Å². The molecule has 0 aliphatic heterocycles. The van der Waals surface area contributed by atoms with Crippen molar-refractivity contribution in [2.75, 3.05) is 18.4 Å². The van der Waals surface area contributed by atoms with Crippen molar-refractivity contribution in [3.8, 4) is 0 Å². The lowest BCUT2D eigenvalue weighted by Gasteiger charge is -2.36. The summed E-state index contributed by atoms with van der Waals surface area (Å²) in [4.78, 5) is 26.6. The first-order chi connectivity index (χ1) is 13.3. The molecule has 8 nitrogen and oxygen atoms in total. The summed E-state index contributed by atoms with van der Waals surface area (Å²) in [5.74, 6) is 0.648. The van der Waals surface area contributed by atoms with E-state index in [-0.39, 0.29) is 5.41 Å². The van der Waals surface area contributed by atoms with Gasteiger partial charge >= 0.3 is 12.0 Å². The number of anilines is 1. The Labute approximate surface area is 174 Å². The van der Waals surface area contributed by atoms with Crippen molar-refractivity contribution in [1.29, 1.82) is 0 Å². The number of carboxylic acid groups (broad SMARTS) is 1. The molecule has 166 valence electrons. The molecular weight excluding hydrogens is 372 g/mol. The number of aliphatic carboxylic acids is 1. The summed E-state index contributed by atoms with van der Waals surface area (Å²) in [6.07, 6.45) is 0.489. The second kappa shape index (κ2) is 10.6. The predicted octanol–water partition coefficient (Wildman–Crippen LogP) is 3.94. The Balaban J connectivity index is 2.93. The van der Waals surface area contributed by atoms with Crippen molar-refractivity contribution in [3.63, 3.8) is 0 Å². The van der Waals surface area contributed by atoms with Crippen LogP contribution in [0.4, 0.5) is 10.6 Å². The van der Waals surface area contributed by atoms with Crippen LogP contribution in [-0.4, -0.2) is 52.3 Å². The molecule has 0 saturated heterocycles. The maximum absolute atomic E-state index is 12.5. The van der Waals surface area contributed by atoms with Crippen molar-refractivity contribution >= 4 is 17.8 Å². The Morgan fingerprint density at radius 2 is 1.72 bits per heavy atom. The highest BCUT2D eigenvalue weighted by molar-refractivity contribution is 5.89. The normalized spacial score (nSPS) is 14.3. The fourth-order valence-electron chi connectivity index (χ4n) is 3.24. The van der Waals surface area contributed by atoms with E-state index in [4.69, 9.17) is 4.52 Å². The molecule has 0 aromatic carbocycles. The van der Waals surface area contributed by atoms with Crippen LogP contribution in [0, 0.1) is 11.8 Å². The van der Waals surface area contributed by atoms with Crippen LogP contribution in [0.2, 0.25) is 0 Å². The fourth-order valence-corrected chi connectivity index (χ4v) is 3.24. The van der Waals surface area contributed by atoms with Gasteiger partial charge in [0.2, 0.25) is 0 Å². The zero-order valence-corrected chi connectivity index (χ0v) is 19.1. The third-order valence-electron chi connectivity index (χ3n) is 4.47. The summed E-state index contributed by atoms with van der Waals surface area (Å²) in [6, 6.07) is -0.165. The minimum atomic E-state index is -0.935. The second-order valence-electron chi connectivity index (χ2n) is 9.46. The van der Waals surface area contributed by atoms with E-state index in [0.29, 0.717) is 42.9 Å². The van der Waals surface area contributed by atoms with Gasteiger partial charge in [0, 0.05) is 24.6 Å². The Hall–Kier alpha value is -2.09. The van der Waals surface area contributed by atoms with Gasteiger partial charge in [-0.25, -0.2) is 4.79 Å². The summed E-state index contributed by atoms with van der Waals surface area (Å²) < 4.78 is 5.28. The van der Waals surface area contributed by atoms with Gasteiger partial charge in [-0.3, -0.25) is 15.0 Å². The maximum atomic E-state index is 12.5. The highest BCUT2D eigenvalue weighted by Crippen LogP contribution is 2.24. The molecule has 0 radical (unpaired) electrons. The average Bonchev–Trinajstić information content (AvgIpc) is 3.01. The van der Waals surface area contributed by atoms with Crippen LogP contribution >= 0.6 is 0 Å². The number of amides is 2. The molecule has 1 aromatic rings. The largest absolute Gasteiger partial charge is 0.480 e. The number of nitrogens with one attached hydrogen (secondary N) is 2. The fraction of sp³-hybridized carbons (Fsp3) is 0.762. The number of rotatable bonds is 10. The van der Waals surface area contributed by atoms with Gasteiger partial charge in [0.05, 0.1) is 6.04 Å². The molecule has 2 unspecified atom stereocenters. The average molecular weight is 411 g/mol. The molecule has 0 aliphatic carbocycles. The first-order valence-electron chi connectivity index (χ1n) is 10.4. The van der Waals surface area contributed by atoms with Crippen LogP contribution in [-0.2, 0) is 10.2 Å². The van der Waals surface area contributed by atoms with Crippen LogP contribution in [0.1, 0.15) is 67.6 Å². The number of hydrogen-bond acceptors (Lipinski definition) is 5. The lowest BCUT2D eigenvalue weighted by molar-refractivity contribution is -0.145. The highest BCUT2D eigenvalue weighted by atomic mass is 16.5. The van der Waals surface area contributed by atoms with Gasteiger partial charge in [-0.1, -0.05) is 60.5 Å². The van der Waals surface area contributed by atoms with Crippen LogP contribution in [0.25, 0.3) is 0 Å². The second-order valence-corrected chi connectivity index (χ2v) is 9.46. The van der Waals surface area contributed by atoms with Crippen LogP contribution < -0.4 is 10.6 Å². The predicted molar refractivity (Wildman–Crippen MR) is 114 cm³/mol. The number of carboxylic acids is 1. The first-order valence-corrected chi connectivity index (χ1v) is 10.4. The molecule has 0 spiro atoms. The maximum Gasteiger partial charge on any atom is 0.323 e. The number of nitrogens with zero attached hydrogens (tertiary/aromatic N) is 2. The van der Waals surface area contributed by atoms with Crippen molar-refractivity contribution in [1.82, 2.24) is 15.4 Å². The van der Waals surface area contributed by atoms with Gasteiger partial charge in [-0.2, -0.15) is 0 Å². The monoisotopic (exact) mass is 410 g/mol. The molecule has 29 heavy (non-hydrogen) atoms. The van der Waals surface area contributed by atoms with Gasteiger partial charge in [0.15, 0.2) is 5.82 Å². The van der Waals surface area contributed by atoms with Crippen molar-refractivity contribution in [2.45, 2.75) is 79.3 Å². The summed E-state index contributed by atoms with van der Waals surface area (Å²) in [5, 5.41) is 19.3. The standard InChI is InChI=1S/C21H38N4O4/c1-9-15(18(19(26)27)25(11-13(2)3)12-14(4)5)22-20(28)23-17-10-16(29-24-17)21(6,7)8/h10,13-15,18H,9,11-12H2,1-8H3,(H,26,27)(H2,22,23,24,28). The molecule has 8 heteroatoms. The van der Waals surface area contributed by atoms with Crippen molar-refractivity contribution < 1.29 is 19.2 Å². The zero-order chi connectivity index (χ0) is 22.4. The Bertz CT molecular complexity index is 654. The number of aromatic nitrogens is 1. The van der Waals surface area contributed by atoms with E-state index in [0.717, 1.165) is 0 Å². The molecule has 0 aliphatic rings. The summed E-state index contributed by atoms with van der Waals surface area (Å²) in [7, 11) is 0. The van der Waals surface area contributed by atoms with Crippen LogP contribution in [0.15, 0.2) is 10.6 Å². The molecule has 0 bridgehead atoms. The Morgan fingerprint density at radius 3 is 2.10 bits per heavy atom. The molecule has 2 amide bonds. The number of urea groups is 1. The molecule has 1 aromatic heterocycles. The molecule has 3 N–H and O–H groups in total. The molecule has 0 saturated carbocycles. The highest BCUT2D eigenvalue weighted by Gasteiger charge is 2.34. The van der Waals surface area contributed by atoms with E-state index in [1.54, 1.807) is 6.07 Å². The van der Waals surface area contributed by atoms with Gasteiger partial charge in [0.25, 0.3) is 0 Å². The third-order valence-corrected chi connectivity index (χ3v) is 4.47. The van der Waals surface area contributed by atoms with E-state index < -0.39 is 24.1 Å². The van der Waals surface area contributed by atoms with Gasteiger partial charge in [-0.05, 0) is 18.3 Å². The minimum Gasteiger partial charge on any atom is -0.480 e. The summed E-state index contributed by atoms with van der Waals surface area (Å²) >= 11 is 0. The van der Waals surface area contributed by atoms with E-state index in [2.05, 4.69) is 43.5 Å². The van der Waals surface area contributed by atoms with Crippen molar-refractivity contribution in [2.24, 2.45) is 11.8 Å². The molecular formula is C21H38N4O4. The van der Waals surface area contributed by atoms with E-state index in [1.807, 2.05) is 32.6 Å². The zero-order valence-electron chi connectivity index (χ0n) is 19.1. The van der Waals surface area contributed by atoms with Gasteiger partial charge in [-0.15, -0.1) is 0 Å². The minimum absolute atomic E-state index is 0.224. The molecule has 1 rings (SSSR count). The van der Waals surface area contributed by atoms with Crippen LogP contribution in [0.3, 0.4) is 0 Å². The third kappa shape index (κ3) is 8.04. The van der Waals surface area contributed by atoms with Crippen molar-refractivity contribution in [3.05, 3.63) is 11.8 Å². The number of hydrogen-bond donors (Lipinski definition) is 3. The smallest absolute Gasteiger partial charge is 0.323 e. The Kier molecular flexibility index (Phi) is 9.14.